The van der Waals surface area contributed by atoms with Gasteiger partial charge in [-0.25, -0.2) is 29.3 Å². The molecular weight excluding hydrogens is 731 g/mol. The van der Waals surface area contributed by atoms with Gasteiger partial charge in [0.05, 0.1) is 43.6 Å². The number of halogens is 1. The number of alkyl halides is 1. The summed E-state index contributed by atoms with van der Waals surface area (Å²) in [6.45, 7) is -6.14. The van der Waals surface area contributed by atoms with Crippen LogP contribution in [0.25, 0.3) is 22.3 Å². The lowest BCUT2D eigenvalue weighted by Crippen LogP contribution is -2.32. The van der Waals surface area contributed by atoms with Gasteiger partial charge in [-0.2, -0.15) is 4.98 Å². The van der Waals surface area contributed by atoms with Crippen LogP contribution in [0.1, 0.15) is 37.4 Å². The molecule has 0 radical (unpaired) electrons. The van der Waals surface area contributed by atoms with Crippen molar-refractivity contribution in [2.75, 3.05) is 12.3 Å². The summed E-state index contributed by atoms with van der Waals surface area (Å²) in [5.41, 5.74) is 8.43. The van der Waals surface area contributed by atoms with E-state index in [-0.39, 0.29) is 31.9 Å². The fourth-order valence-electron chi connectivity index (χ4n) is 7.09. The minimum absolute atomic E-state index is 0.146. The first-order valence-electron chi connectivity index (χ1n) is 15.7. The second-order valence-corrected chi connectivity index (χ2v) is 18.1. The van der Waals surface area contributed by atoms with Crippen LogP contribution >= 0.6 is 13.4 Å². The van der Waals surface area contributed by atoms with Crippen LogP contribution in [0.3, 0.4) is 0 Å². The third kappa shape index (κ3) is 6.34. The Bertz CT molecular complexity index is 2150. The molecule has 2 unspecified atom stereocenters. The number of hydrogen-bond donors (Lipinski definition) is 3. The Morgan fingerprint density at radius 1 is 0.880 bits per heavy atom. The summed E-state index contributed by atoms with van der Waals surface area (Å²) in [5, 5.41) is 0. The number of imidazole rings is 2. The number of anilines is 1. The quantitative estimate of drug-likeness (QED) is 0.217. The summed E-state index contributed by atoms with van der Waals surface area (Å²) in [7, 11) is 0. The molecule has 1 saturated heterocycles. The van der Waals surface area contributed by atoms with E-state index in [4.69, 9.17) is 52.2 Å². The average molecular weight is 764 g/mol. The van der Waals surface area contributed by atoms with E-state index < -0.39 is 61.8 Å². The third-order valence-corrected chi connectivity index (χ3v) is 12.6. The zero-order valence-electron chi connectivity index (χ0n) is 26.3. The summed E-state index contributed by atoms with van der Waals surface area (Å²) < 4.78 is 49.9. The Hall–Kier alpha value is -3.09. The van der Waals surface area contributed by atoms with Crippen molar-refractivity contribution >= 4 is 65.2 Å². The SMILES string of the molecule is C[C@H]1[C@H]2OP(O)(=S)OC[C@H]3C[C@@H](n4cnc5c(N)ncnc54)[C@H](F)[C@@H]3OP(O)(=S)O[C@H]1C[C@H]2n1cnc2c(OCc3ccccc3)ncnc21. The molecule has 2 bridgehead atoms. The predicted octanol–water partition coefficient (Wildman–Crippen LogP) is 3.93. The first-order chi connectivity index (χ1) is 24.0. The van der Waals surface area contributed by atoms with Crippen LogP contribution < -0.4 is 10.5 Å². The minimum atomic E-state index is -4.06. The molecule has 4 N–H and O–H groups in total. The molecule has 21 heteroatoms. The summed E-state index contributed by atoms with van der Waals surface area (Å²) >= 11 is 11.0. The van der Waals surface area contributed by atoms with E-state index in [0.29, 0.717) is 28.2 Å². The number of nitrogens with two attached hydrogens (primary N) is 1. The number of hydrogen-bond acceptors (Lipinski definition) is 14. The normalized spacial score (nSPS) is 34.7. The lowest BCUT2D eigenvalue weighted by molar-refractivity contribution is 0.0106. The molecule has 3 aliphatic rings. The maximum atomic E-state index is 16.4. The average Bonchev–Trinajstić information content (AvgIpc) is 3.85. The van der Waals surface area contributed by atoms with Crippen molar-refractivity contribution in [2.45, 2.75) is 62.9 Å². The maximum absolute atomic E-state index is 16.4. The zero-order valence-corrected chi connectivity index (χ0v) is 29.7. The van der Waals surface area contributed by atoms with E-state index >= 15 is 4.39 Å². The number of aromatic nitrogens is 8. The number of ether oxygens (including phenoxy) is 1. The second kappa shape index (κ2) is 13.2. The van der Waals surface area contributed by atoms with Gasteiger partial charge in [0.25, 0.3) is 0 Å². The van der Waals surface area contributed by atoms with E-state index in [0.717, 1.165) is 5.56 Å². The summed E-state index contributed by atoms with van der Waals surface area (Å²) in [5.74, 6) is -0.753. The van der Waals surface area contributed by atoms with Crippen molar-refractivity contribution in [2.24, 2.45) is 11.8 Å². The van der Waals surface area contributed by atoms with Crippen LogP contribution in [0.2, 0.25) is 0 Å². The molecule has 2 saturated carbocycles. The van der Waals surface area contributed by atoms with Crippen molar-refractivity contribution in [1.29, 1.82) is 0 Å². The largest absolute Gasteiger partial charge is 0.471 e. The van der Waals surface area contributed by atoms with E-state index in [1.807, 2.05) is 37.3 Å². The van der Waals surface area contributed by atoms with Crippen LogP contribution in [0.15, 0.2) is 55.6 Å². The van der Waals surface area contributed by atoms with E-state index in [1.54, 1.807) is 15.5 Å². The number of nitrogen functional groups attached to an aromatic ring is 1. The number of nitrogens with zero attached hydrogens (tertiary/aromatic N) is 8. The standard InChI is InChI=1S/C29H32FN9O7P2S2/c1-15-20-8-19(39-14-37-23-28(39)34-12-35-29(23)42-9-16-5-3-2-4-6-16)24(15)45-47(40,49)43-10-17-7-18(21(30)25(17)46-48(41,50)44-20)38-13-36-22-26(31)32-11-33-27(22)38/h2-6,11-15,17-21,24-25H,7-10H2,1H3,(H,40,49)(H,41,50)(H2,31,32,33)/t15-,17-,18-,19-,20+,21+,24-,25-,47?,48?/m1/s1. The minimum Gasteiger partial charge on any atom is -0.471 e. The van der Waals surface area contributed by atoms with Crippen molar-refractivity contribution in [3.63, 3.8) is 0 Å². The molecule has 8 rings (SSSR count). The third-order valence-electron chi connectivity index (χ3n) is 9.52. The van der Waals surface area contributed by atoms with Gasteiger partial charge >= 0.3 is 13.4 Å². The molecule has 2 aliphatic carbocycles. The smallest absolute Gasteiger partial charge is 0.325 e. The highest BCUT2D eigenvalue weighted by atomic mass is 32.5. The summed E-state index contributed by atoms with van der Waals surface area (Å²) in [4.78, 5) is 48.6. The molecule has 0 spiro atoms. The Balaban J connectivity index is 1.07. The molecule has 5 heterocycles. The van der Waals surface area contributed by atoms with Gasteiger partial charge in [-0.1, -0.05) is 37.3 Å². The van der Waals surface area contributed by atoms with Crippen LogP contribution in [-0.4, -0.2) is 79.9 Å². The van der Waals surface area contributed by atoms with Crippen LogP contribution in [0, 0.1) is 11.8 Å². The van der Waals surface area contributed by atoms with E-state index in [1.165, 1.54) is 19.0 Å². The molecule has 264 valence electrons. The van der Waals surface area contributed by atoms with Crippen molar-refractivity contribution in [3.8, 4) is 5.88 Å². The van der Waals surface area contributed by atoms with Crippen LogP contribution in [0.4, 0.5) is 10.2 Å². The van der Waals surface area contributed by atoms with Gasteiger partial charge in [0, 0.05) is 11.8 Å². The van der Waals surface area contributed by atoms with Gasteiger partial charge in [-0.15, -0.1) is 0 Å². The highest BCUT2D eigenvalue weighted by molar-refractivity contribution is 8.07. The number of rotatable bonds is 5. The molecule has 5 aromatic rings. The monoisotopic (exact) mass is 763 g/mol. The van der Waals surface area contributed by atoms with E-state index in [9.17, 15) is 9.79 Å². The van der Waals surface area contributed by atoms with Gasteiger partial charge in [0.1, 0.15) is 37.1 Å². The second-order valence-electron chi connectivity index (χ2n) is 12.5. The van der Waals surface area contributed by atoms with Crippen LogP contribution in [-0.2, 0) is 48.3 Å². The van der Waals surface area contributed by atoms with Crippen molar-refractivity contribution in [1.82, 2.24) is 39.0 Å². The summed E-state index contributed by atoms with van der Waals surface area (Å²) in [6.07, 6.45) is 1.53. The maximum Gasteiger partial charge on any atom is 0.325 e. The Morgan fingerprint density at radius 2 is 1.56 bits per heavy atom. The van der Waals surface area contributed by atoms with Gasteiger partial charge < -0.3 is 47.5 Å². The molecule has 10 atom stereocenters. The Kier molecular flexibility index (Phi) is 8.95. The fourth-order valence-corrected chi connectivity index (χ4v) is 10.6. The predicted molar refractivity (Wildman–Crippen MR) is 184 cm³/mol. The van der Waals surface area contributed by atoms with Crippen LogP contribution in [0.5, 0.6) is 5.88 Å². The number of benzene rings is 1. The topological polar surface area (TPSA) is 200 Å². The van der Waals surface area contributed by atoms with Gasteiger partial charge in [-0.05, 0) is 42.0 Å². The van der Waals surface area contributed by atoms with Gasteiger partial charge in [0.2, 0.25) is 5.88 Å². The molecule has 4 aromatic heterocycles. The highest BCUT2D eigenvalue weighted by Crippen LogP contribution is 2.59. The first-order valence-corrected chi connectivity index (χ1v) is 20.9. The van der Waals surface area contributed by atoms with Gasteiger partial charge in [-0.3, -0.25) is 0 Å². The lowest BCUT2D eigenvalue weighted by Gasteiger charge is -2.32. The number of fused-ring (bicyclic) bond motifs is 5. The van der Waals surface area contributed by atoms with Crippen molar-refractivity contribution in [3.05, 3.63) is 61.2 Å². The molecule has 1 aromatic carbocycles. The zero-order chi connectivity index (χ0) is 34.8. The molecule has 0 amide bonds. The van der Waals surface area contributed by atoms with E-state index in [2.05, 4.69) is 29.9 Å². The molecular formula is C29H32FN9O7P2S2. The Morgan fingerprint density at radius 3 is 2.34 bits per heavy atom. The molecule has 3 fully saturated rings. The Labute approximate surface area is 294 Å². The van der Waals surface area contributed by atoms with Crippen molar-refractivity contribution < 1.29 is 37.0 Å². The lowest BCUT2D eigenvalue weighted by atomic mass is 10.1. The summed E-state index contributed by atoms with van der Waals surface area (Å²) in [6, 6.07) is 8.25. The molecule has 16 nitrogen and oxygen atoms in total. The molecule has 50 heavy (non-hydrogen) atoms. The molecule has 1 aliphatic heterocycles. The first kappa shape index (κ1) is 34.0. The van der Waals surface area contributed by atoms with Gasteiger partial charge in [0.15, 0.2) is 22.6 Å². The fraction of sp³-hybridized carbons (Fsp3) is 0.448. The highest BCUT2D eigenvalue weighted by Gasteiger charge is 2.52.